The Bertz CT molecular complexity index is 187. The van der Waals surface area contributed by atoms with E-state index in [-0.39, 0.29) is 0 Å². The molecule has 1 unspecified atom stereocenters. The first-order valence-corrected chi connectivity index (χ1v) is 4.27. The van der Waals surface area contributed by atoms with Gasteiger partial charge in [0.25, 0.3) is 0 Å². The minimum absolute atomic E-state index is 0.591. The second kappa shape index (κ2) is 2.48. The van der Waals surface area contributed by atoms with Gasteiger partial charge in [0.15, 0.2) is 0 Å². The van der Waals surface area contributed by atoms with E-state index in [9.17, 15) is 0 Å². The average molecular weight is 154 g/mol. The van der Waals surface area contributed by atoms with E-state index in [0.717, 1.165) is 24.7 Å². The summed E-state index contributed by atoms with van der Waals surface area (Å²) in [6.07, 6.45) is 3.62. The second-order valence-corrected chi connectivity index (χ2v) is 3.62. The lowest BCUT2D eigenvalue weighted by atomic mass is 10.2. The smallest absolute Gasteiger partial charge is 0.0726 e. The maximum absolute atomic E-state index is 8.57. The predicted molar refractivity (Wildman–Crippen MR) is 43.0 cm³/mol. The fourth-order valence-electron chi connectivity index (χ4n) is 1.86. The van der Waals surface area contributed by atoms with E-state index in [0.29, 0.717) is 6.04 Å². The van der Waals surface area contributed by atoms with Crippen molar-refractivity contribution in [1.82, 2.24) is 4.90 Å². The van der Waals surface area contributed by atoms with E-state index in [1.165, 1.54) is 12.8 Å². The minimum atomic E-state index is 0.591. The topological polar surface area (TPSA) is 35.8 Å². The van der Waals surface area contributed by atoms with Crippen LogP contribution in [0.25, 0.3) is 0 Å². The molecule has 2 fully saturated rings. The molecule has 1 atom stereocenters. The van der Waals surface area contributed by atoms with E-state index in [1.54, 1.807) is 0 Å². The van der Waals surface area contributed by atoms with Gasteiger partial charge in [-0.15, -0.1) is 0 Å². The summed E-state index contributed by atoms with van der Waals surface area (Å²) >= 11 is 0. The van der Waals surface area contributed by atoms with Crippen LogP contribution < -0.4 is 0 Å². The monoisotopic (exact) mass is 154 g/mol. The lowest BCUT2D eigenvalue weighted by molar-refractivity contribution is 0.261. The molecule has 1 saturated carbocycles. The van der Waals surface area contributed by atoms with Crippen molar-refractivity contribution in [2.24, 2.45) is 5.16 Å². The van der Waals surface area contributed by atoms with Crippen LogP contribution in [0.1, 0.15) is 26.2 Å². The first kappa shape index (κ1) is 7.10. The van der Waals surface area contributed by atoms with Crippen LogP contribution in [0.5, 0.6) is 0 Å². The van der Waals surface area contributed by atoms with Gasteiger partial charge >= 0.3 is 0 Å². The van der Waals surface area contributed by atoms with Crippen LogP contribution in [-0.2, 0) is 0 Å². The summed E-state index contributed by atoms with van der Waals surface area (Å²) in [5, 5.41) is 11.8. The number of likely N-dealkylation sites (tertiary alicyclic amines) is 1. The largest absolute Gasteiger partial charge is 0.411 e. The van der Waals surface area contributed by atoms with Gasteiger partial charge in [-0.05, 0) is 19.8 Å². The van der Waals surface area contributed by atoms with Crippen molar-refractivity contribution in [2.45, 2.75) is 38.3 Å². The lowest BCUT2D eigenvalue weighted by Gasteiger charge is -2.18. The van der Waals surface area contributed by atoms with Crippen molar-refractivity contribution < 1.29 is 5.21 Å². The molecule has 1 aliphatic heterocycles. The number of hydrogen-bond donors (Lipinski definition) is 1. The van der Waals surface area contributed by atoms with Gasteiger partial charge in [-0.3, -0.25) is 4.90 Å². The molecule has 0 amide bonds. The zero-order valence-electron chi connectivity index (χ0n) is 6.82. The van der Waals surface area contributed by atoms with Crippen molar-refractivity contribution in [2.75, 3.05) is 6.54 Å². The van der Waals surface area contributed by atoms with E-state index >= 15 is 0 Å². The Labute approximate surface area is 66.7 Å². The molecule has 62 valence electrons. The molecule has 0 aromatic carbocycles. The quantitative estimate of drug-likeness (QED) is 0.453. The van der Waals surface area contributed by atoms with E-state index in [1.807, 2.05) is 0 Å². The lowest BCUT2D eigenvalue weighted by Crippen LogP contribution is -2.29. The Balaban J connectivity index is 2.01. The van der Waals surface area contributed by atoms with Crippen LogP contribution in [0.4, 0.5) is 0 Å². The van der Waals surface area contributed by atoms with Gasteiger partial charge in [0.05, 0.1) is 5.71 Å². The number of hydrogen-bond acceptors (Lipinski definition) is 3. The number of rotatable bonds is 1. The van der Waals surface area contributed by atoms with Crippen molar-refractivity contribution in [3.63, 3.8) is 0 Å². The first-order valence-electron chi connectivity index (χ1n) is 4.27. The number of oxime groups is 1. The molecule has 2 rings (SSSR count). The maximum Gasteiger partial charge on any atom is 0.0726 e. The highest BCUT2D eigenvalue weighted by molar-refractivity contribution is 5.88. The van der Waals surface area contributed by atoms with Crippen molar-refractivity contribution in [3.05, 3.63) is 0 Å². The van der Waals surface area contributed by atoms with Crippen LogP contribution >= 0.6 is 0 Å². The fraction of sp³-hybridized carbons (Fsp3) is 0.875. The van der Waals surface area contributed by atoms with Crippen LogP contribution in [-0.4, -0.2) is 34.4 Å². The van der Waals surface area contributed by atoms with Crippen LogP contribution in [0.15, 0.2) is 5.16 Å². The molecule has 0 spiro atoms. The first-order chi connectivity index (χ1) is 5.31. The van der Waals surface area contributed by atoms with Gasteiger partial charge in [-0.25, -0.2) is 0 Å². The highest BCUT2D eigenvalue weighted by Crippen LogP contribution is 2.32. The molecule has 1 heterocycles. The SMILES string of the molecule is CC1CC(=NO)CN1C1CC1. The summed E-state index contributed by atoms with van der Waals surface area (Å²) < 4.78 is 0. The Morgan fingerprint density at radius 3 is 2.73 bits per heavy atom. The Kier molecular flexibility index (Phi) is 1.60. The summed E-state index contributed by atoms with van der Waals surface area (Å²) in [5.74, 6) is 0. The summed E-state index contributed by atoms with van der Waals surface area (Å²) in [7, 11) is 0. The molecule has 11 heavy (non-hydrogen) atoms. The molecule has 3 heteroatoms. The zero-order chi connectivity index (χ0) is 7.84. The van der Waals surface area contributed by atoms with Gasteiger partial charge in [0.1, 0.15) is 0 Å². The third-order valence-corrected chi connectivity index (χ3v) is 2.62. The molecular formula is C8H14N2O. The van der Waals surface area contributed by atoms with Crippen molar-refractivity contribution in [3.8, 4) is 0 Å². The average Bonchev–Trinajstić information content (AvgIpc) is 2.76. The van der Waals surface area contributed by atoms with Crippen molar-refractivity contribution >= 4 is 5.71 Å². The number of nitrogens with zero attached hydrogens (tertiary/aromatic N) is 2. The molecule has 2 aliphatic rings. The Hall–Kier alpha value is -0.570. The molecule has 0 radical (unpaired) electrons. The fourth-order valence-corrected chi connectivity index (χ4v) is 1.86. The minimum Gasteiger partial charge on any atom is -0.411 e. The third-order valence-electron chi connectivity index (χ3n) is 2.62. The van der Waals surface area contributed by atoms with Crippen LogP contribution in [0, 0.1) is 0 Å². The molecule has 1 aliphatic carbocycles. The standard InChI is InChI=1S/C8H14N2O/c1-6-4-7(9-11)5-10(6)8-2-3-8/h6,8,11H,2-5H2,1H3. The normalized spacial score (nSPS) is 36.8. The zero-order valence-corrected chi connectivity index (χ0v) is 6.82. The van der Waals surface area contributed by atoms with E-state index in [4.69, 9.17) is 5.21 Å². The molecule has 0 aromatic rings. The summed E-state index contributed by atoms with van der Waals surface area (Å²) in [6.45, 7) is 3.10. The van der Waals surface area contributed by atoms with E-state index < -0.39 is 0 Å². The highest BCUT2D eigenvalue weighted by Gasteiger charge is 2.37. The summed E-state index contributed by atoms with van der Waals surface area (Å²) in [6, 6.07) is 1.39. The van der Waals surface area contributed by atoms with Gasteiger partial charge in [0.2, 0.25) is 0 Å². The molecule has 1 saturated heterocycles. The highest BCUT2D eigenvalue weighted by atomic mass is 16.4. The molecule has 1 N–H and O–H groups in total. The van der Waals surface area contributed by atoms with Gasteiger partial charge < -0.3 is 5.21 Å². The van der Waals surface area contributed by atoms with Crippen LogP contribution in [0.3, 0.4) is 0 Å². The van der Waals surface area contributed by atoms with Crippen molar-refractivity contribution in [1.29, 1.82) is 0 Å². The second-order valence-electron chi connectivity index (χ2n) is 3.62. The summed E-state index contributed by atoms with van der Waals surface area (Å²) in [4.78, 5) is 2.44. The maximum atomic E-state index is 8.57. The Morgan fingerprint density at radius 1 is 1.55 bits per heavy atom. The Morgan fingerprint density at radius 2 is 2.27 bits per heavy atom. The van der Waals surface area contributed by atoms with Gasteiger partial charge in [-0.1, -0.05) is 5.16 Å². The molecule has 3 nitrogen and oxygen atoms in total. The third kappa shape index (κ3) is 1.25. The van der Waals surface area contributed by atoms with E-state index in [2.05, 4.69) is 17.0 Å². The predicted octanol–water partition coefficient (Wildman–Crippen LogP) is 1.07. The van der Waals surface area contributed by atoms with Gasteiger partial charge in [-0.2, -0.15) is 0 Å². The molecule has 0 bridgehead atoms. The van der Waals surface area contributed by atoms with Gasteiger partial charge in [0, 0.05) is 25.0 Å². The molecular weight excluding hydrogens is 140 g/mol. The molecule has 0 aromatic heterocycles. The van der Waals surface area contributed by atoms with Crippen LogP contribution in [0.2, 0.25) is 0 Å². The summed E-state index contributed by atoms with van der Waals surface area (Å²) in [5.41, 5.74) is 0.949.